The third-order valence-electron chi connectivity index (χ3n) is 1.95. The van der Waals surface area contributed by atoms with Crippen LogP contribution in [0, 0.1) is 6.92 Å². The molecule has 2 heterocycles. The van der Waals surface area contributed by atoms with Gasteiger partial charge in [-0.25, -0.2) is 4.98 Å². The standard InChI is InChI=1S/C9H11N5O2S/c1-5-12-7(16-14-5)2-3-11-8(15)6-4-17-9(10)13-6/h4H,2-3H2,1H3,(H2,10,13)(H,11,15). The van der Waals surface area contributed by atoms with Gasteiger partial charge in [-0.15, -0.1) is 11.3 Å². The highest BCUT2D eigenvalue weighted by Crippen LogP contribution is 2.10. The SMILES string of the molecule is Cc1noc(CCNC(=O)c2csc(N)n2)n1. The molecule has 7 nitrogen and oxygen atoms in total. The number of nitrogen functional groups attached to an aromatic ring is 1. The summed E-state index contributed by atoms with van der Waals surface area (Å²) >= 11 is 1.23. The van der Waals surface area contributed by atoms with Gasteiger partial charge in [0.25, 0.3) is 5.91 Å². The number of aryl methyl sites for hydroxylation is 1. The molecule has 0 bridgehead atoms. The van der Waals surface area contributed by atoms with E-state index in [2.05, 4.69) is 20.4 Å². The minimum atomic E-state index is -0.255. The van der Waals surface area contributed by atoms with Gasteiger partial charge in [-0.05, 0) is 6.92 Å². The molecule has 0 unspecified atom stereocenters. The number of rotatable bonds is 4. The topological polar surface area (TPSA) is 107 Å². The molecular formula is C9H11N5O2S. The Labute approximate surface area is 101 Å². The van der Waals surface area contributed by atoms with E-state index in [1.165, 1.54) is 11.3 Å². The Morgan fingerprint density at radius 1 is 1.59 bits per heavy atom. The van der Waals surface area contributed by atoms with Gasteiger partial charge >= 0.3 is 0 Å². The van der Waals surface area contributed by atoms with Gasteiger partial charge in [0.2, 0.25) is 5.89 Å². The van der Waals surface area contributed by atoms with Gasteiger partial charge < -0.3 is 15.6 Å². The molecule has 0 saturated carbocycles. The van der Waals surface area contributed by atoms with Gasteiger partial charge in [0.1, 0.15) is 5.69 Å². The zero-order valence-electron chi connectivity index (χ0n) is 9.14. The van der Waals surface area contributed by atoms with Crippen molar-refractivity contribution < 1.29 is 9.32 Å². The summed E-state index contributed by atoms with van der Waals surface area (Å²) < 4.78 is 4.91. The van der Waals surface area contributed by atoms with Crippen LogP contribution < -0.4 is 11.1 Å². The van der Waals surface area contributed by atoms with E-state index in [0.29, 0.717) is 35.5 Å². The van der Waals surface area contributed by atoms with Crippen molar-refractivity contribution in [3.8, 4) is 0 Å². The Morgan fingerprint density at radius 2 is 2.41 bits per heavy atom. The third-order valence-corrected chi connectivity index (χ3v) is 2.62. The van der Waals surface area contributed by atoms with E-state index in [4.69, 9.17) is 10.3 Å². The maximum Gasteiger partial charge on any atom is 0.270 e. The van der Waals surface area contributed by atoms with Crippen LogP contribution in [0.1, 0.15) is 22.2 Å². The molecule has 0 aliphatic heterocycles. The van der Waals surface area contributed by atoms with Gasteiger partial charge in [0.15, 0.2) is 11.0 Å². The summed E-state index contributed by atoms with van der Waals surface area (Å²) in [4.78, 5) is 19.5. The maximum absolute atomic E-state index is 11.6. The summed E-state index contributed by atoms with van der Waals surface area (Å²) in [6.45, 7) is 2.15. The Morgan fingerprint density at radius 3 is 3.00 bits per heavy atom. The molecule has 0 fully saturated rings. The van der Waals surface area contributed by atoms with E-state index in [9.17, 15) is 4.79 Å². The lowest BCUT2D eigenvalue weighted by atomic mass is 10.4. The minimum absolute atomic E-state index is 0.255. The fourth-order valence-corrected chi connectivity index (χ4v) is 1.75. The van der Waals surface area contributed by atoms with E-state index in [1.807, 2.05) is 0 Å². The Bertz CT molecular complexity index is 521. The number of aromatic nitrogens is 3. The molecule has 0 radical (unpaired) electrons. The first-order valence-electron chi connectivity index (χ1n) is 4.93. The number of anilines is 1. The largest absolute Gasteiger partial charge is 0.375 e. The number of nitrogens with two attached hydrogens (primary N) is 1. The first-order valence-corrected chi connectivity index (χ1v) is 5.81. The highest BCUT2D eigenvalue weighted by Gasteiger charge is 2.09. The highest BCUT2D eigenvalue weighted by molar-refractivity contribution is 7.13. The fraction of sp³-hybridized carbons (Fsp3) is 0.333. The molecular weight excluding hydrogens is 242 g/mol. The van der Waals surface area contributed by atoms with Crippen LogP contribution in [0.5, 0.6) is 0 Å². The predicted octanol–water partition coefficient (Wildman–Crippen LogP) is 0.389. The number of thiazole rings is 1. The molecule has 0 aromatic carbocycles. The van der Waals surface area contributed by atoms with Gasteiger partial charge in [0.05, 0.1) is 0 Å². The van der Waals surface area contributed by atoms with Crippen molar-refractivity contribution in [1.29, 1.82) is 0 Å². The lowest BCUT2D eigenvalue weighted by Gasteiger charge is -1.99. The van der Waals surface area contributed by atoms with Crippen LogP contribution >= 0.6 is 11.3 Å². The summed E-state index contributed by atoms with van der Waals surface area (Å²) in [5, 5.41) is 8.33. The molecule has 90 valence electrons. The molecule has 0 atom stereocenters. The quantitative estimate of drug-likeness (QED) is 0.816. The number of amides is 1. The van der Waals surface area contributed by atoms with Crippen LogP contribution in [0.3, 0.4) is 0 Å². The lowest BCUT2D eigenvalue weighted by Crippen LogP contribution is -2.26. The first-order chi connectivity index (χ1) is 8.15. The summed E-state index contributed by atoms with van der Waals surface area (Å²) in [7, 11) is 0. The van der Waals surface area contributed by atoms with Crippen LogP contribution in [0.25, 0.3) is 0 Å². The van der Waals surface area contributed by atoms with Crippen molar-refractivity contribution >= 4 is 22.4 Å². The van der Waals surface area contributed by atoms with Crippen molar-refractivity contribution in [2.45, 2.75) is 13.3 Å². The molecule has 2 aromatic rings. The number of carbonyl (C=O) groups excluding carboxylic acids is 1. The van der Waals surface area contributed by atoms with Crippen molar-refractivity contribution in [3.63, 3.8) is 0 Å². The second kappa shape index (κ2) is 4.91. The number of carbonyl (C=O) groups is 1. The van der Waals surface area contributed by atoms with Crippen molar-refractivity contribution in [1.82, 2.24) is 20.4 Å². The Balaban J connectivity index is 1.81. The van der Waals surface area contributed by atoms with Gasteiger partial charge in [-0.1, -0.05) is 5.16 Å². The zero-order chi connectivity index (χ0) is 12.3. The zero-order valence-corrected chi connectivity index (χ0v) is 9.95. The fourth-order valence-electron chi connectivity index (χ4n) is 1.21. The summed E-state index contributed by atoms with van der Waals surface area (Å²) in [6, 6.07) is 0. The Hall–Kier alpha value is -1.96. The summed E-state index contributed by atoms with van der Waals surface area (Å²) in [5.74, 6) is 0.827. The highest BCUT2D eigenvalue weighted by atomic mass is 32.1. The molecule has 3 N–H and O–H groups in total. The number of nitrogens with one attached hydrogen (secondary N) is 1. The molecule has 17 heavy (non-hydrogen) atoms. The van der Waals surface area contributed by atoms with Gasteiger partial charge in [0, 0.05) is 18.3 Å². The van der Waals surface area contributed by atoms with Crippen LogP contribution in [-0.4, -0.2) is 27.6 Å². The van der Waals surface area contributed by atoms with Gasteiger partial charge in [-0.2, -0.15) is 4.98 Å². The van der Waals surface area contributed by atoms with E-state index in [0.717, 1.165) is 0 Å². The molecule has 0 saturated heterocycles. The second-order valence-electron chi connectivity index (χ2n) is 3.31. The number of hydrogen-bond donors (Lipinski definition) is 2. The lowest BCUT2D eigenvalue weighted by molar-refractivity contribution is 0.0949. The van der Waals surface area contributed by atoms with Crippen LogP contribution in [0.15, 0.2) is 9.90 Å². The van der Waals surface area contributed by atoms with Gasteiger partial charge in [-0.3, -0.25) is 4.79 Å². The number of hydrogen-bond acceptors (Lipinski definition) is 7. The molecule has 0 spiro atoms. The average molecular weight is 253 g/mol. The summed E-state index contributed by atoms with van der Waals surface area (Å²) in [6.07, 6.45) is 0.492. The molecule has 1 amide bonds. The monoisotopic (exact) mass is 253 g/mol. The van der Waals surface area contributed by atoms with Crippen LogP contribution in [0.4, 0.5) is 5.13 Å². The molecule has 0 aliphatic rings. The summed E-state index contributed by atoms with van der Waals surface area (Å²) in [5.41, 5.74) is 5.76. The van der Waals surface area contributed by atoms with E-state index in [1.54, 1.807) is 12.3 Å². The van der Waals surface area contributed by atoms with Crippen molar-refractivity contribution in [2.75, 3.05) is 12.3 Å². The van der Waals surface area contributed by atoms with E-state index < -0.39 is 0 Å². The Kier molecular flexibility index (Phi) is 3.33. The molecule has 2 aromatic heterocycles. The molecule has 2 rings (SSSR count). The van der Waals surface area contributed by atoms with E-state index >= 15 is 0 Å². The molecule has 8 heteroatoms. The molecule has 0 aliphatic carbocycles. The van der Waals surface area contributed by atoms with Crippen LogP contribution in [0.2, 0.25) is 0 Å². The van der Waals surface area contributed by atoms with Crippen LogP contribution in [-0.2, 0) is 6.42 Å². The van der Waals surface area contributed by atoms with Crippen molar-refractivity contribution in [2.24, 2.45) is 0 Å². The third kappa shape index (κ3) is 3.00. The van der Waals surface area contributed by atoms with E-state index in [-0.39, 0.29) is 5.91 Å². The second-order valence-corrected chi connectivity index (χ2v) is 4.20. The number of nitrogens with zero attached hydrogens (tertiary/aromatic N) is 3. The minimum Gasteiger partial charge on any atom is -0.375 e. The van der Waals surface area contributed by atoms with Crippen molar-refractivity contribution in [3.05, 3.63) is 22.8 Å². The maximum atomic E-state index is 11.6. The smallest absolute Gasteiger partial charge is 0.270 e. The first kappa shape index (κ1) is 11.5. The normalized spacial score (nSPS) is 10.4. The average Bonchev–Trinajstić information content (AvgIpc) is 2.88. The predicted molar refractivity (Wildman–Crippen MR) is 61.6 cm³/mol.